The summed E-state index contributed by atoms with van der Waals surface area (Å²) in [6.45, 7) is 3.12. The summed E-state index contributed by atoms with van der Waals surface area (Å²) in [6.07, 6.45) is 0. The Hall–Kier alpha value is -2.33. The summed E-state index contributed by atoms with van der Waals surface area (Å²) < 4.78 is 49.8. The molecular weight excluding hydrogens is 396 g/mol. The Labute approximate surface area is 170 Å². The highest BCUT2D eigenvalue weighted by molar-refractivity contribution is 7.89. The van der Waals surface area contributed by atoms with Crippen LogP contribution in [0.15, 0.2) is 47.4 Å². The van der Waals surface area contributed by atoms with E-state index in [4.69, 9.17) is 18.9 Å². The molecule has 0 aliphatic carbocycles. The zero-order valence-electron chi connectivity index (χ0n) is 16.2. The normalized spacial score (nSPS) is 17.8. The number of ether oxygens (including phenoxy) is 4. The predicted octanol–water partition coefficient (Wildman–Crippen LogP) is 1.78. The molecule has 1 N–H and O–H groups in total. The highest BCUT2D eigenvalue weighted by atomic mass is 32.2. The van der Waals surface area contributed by atoms with Crippen molar-refractivity contribution in [1.29, 1.82) is 0 Å². The van der Waals surface area contributed by atoms with Gasteiger partial charge in [0.25, 0.3) is 0 Å². The third kappa shape index (κ3) is 4.48. The molecule has 2 aromatic carbocycles. The fourth-order valence-electron chi connectivity index (χ4n) is 3.49. The van der Waals surface area contributed by atoms with Gasteiger partial charge >= 0.3 is 0 Å². The molecule has 0 saturated carbocycles. The van der Waals surface area contributed by atoms with Gasteiger partial charge in [-0.25, -0.2) is 13.1 Å². The van der Waals surface area contributed by atoms with Gasteiger partial charge in [0, 0.05) is 25.7 Å². The molecule has 2 aliphatic rings. The number of morpholine rings is 1. The van der Waals surface area contributed by atoms with Crippen molar-refractivity contribution in [3.05, 3.63) is 48.0 Å². The van der Waals surface area contributed by atoms with Crippen molar-refractivity contribution >= 4 is 10.0 Å². The molecule has 0 aromatic heterocycles. The molecule has 0 bridgehead atoms. The van der Waals surface area contributed by atoms with E-state index in [2.05, 4.69) is 9.62 Å². The lowest BCUT2D eigenvalue weighted by Crippen LogP contribution is -2.43. The number of methoxy groups -OCH3 is 1. The van der Waals surface area contributed by atoms with Gasteiger partial charge in [0.05, 0.1) is 25.2 Å². The smallest absolute Gasteiger partial charge is 0.240 e. The third-order valence-corrected chi connectivity index (χ3v) is 6.54. The number of hydrogen-bond donors (Lipinski definition) is 1. The summed E-state index contributed by atoms with van der Waals surface area (Å²) in [5.41, 5.74) is 0.966. The van der Waals surface area contributed by atoms with Gasteiger partial charge in [-0.3, -0.25) is 4.90 Å². The first kappa shape index (κ1) is 20.0. The van der Waals surface area contributed by atoms with E-state index in [1.807, 2.05) is 18.2 Å². The topological polar surface area (TPSA) is 86.3 Å². The van der Waals surface area contributed by atoms with Crippen molar-refractivity contribution in [3.8, 4) is 17.2 Å². The largest absolute Gasteiger partial charge is 0.497 e. The van der Waals surface area contributed by atoms with Gasteiger partial charge in [0.2, 0.25) is 16.8 Å². The van der Waals surface area contributed by atoms with Crippen molar-refractivity contribution in [1.82, 2.24) is 9.62 Å². The van der Waals surface area contributed by atoms with E-state index in [0.29, 0.717) is 30.5 Å². The minimum Gasteiger partial charge on any atom is -0.497 e. The fraction of sp³-hybridized carbons (Fsp3) is 0.400. The van der Waals surface area contributed by atoms with E-state index in [1.165, 1.54) is 12.1 Å². The molecule has 0 amide bonds. The molecule has 9 heteroatoms. The van der Waals surface area contributed by atoms with Crippen molar-refractivity contribution in [2.24, 2.45) is 0 Å². The summed E-state index contributed by atoms with van der Waals surface area (Å²) >= 11 is 0. The van der Waals surface area contributed by atoms with E-state index < -0.39 is 10.0 Å². The molecule has 0 spiro atoms. The number of sulfonamides is 1. The Morgan fingerprint density at radius 1 is 1.07 bits per heavy atom. The van der Waals surface area contributed by atoms with Crippen LogP contribution in [0.4, 0.5) is 0 Å². The van der Waals surface area contributed by atoms with Crippen LogP contribution in [0.5, 0.6) is 17.2 Å². The van der Waals surface area contributed by atoms with Crippen molar-refractivity contribution in [2.75, 3.05) is 46.8 Å². The van der Waals surface area contributed by atoms with Crippen LogP contribution in [0.2, 0.25) is 0 Å². The van der Waals surface area contributed by atoms with Crippen LogP contribution in [0.25, 0.3) is 0 Å². The van der Waals surface area contributed by atoms with E-state index in [9.17, 15) is 8.42 Å². The molecule has 29 heavy (non-hydrogen) atoms. The Bertz CT molecular complexity index is 942. The van der Waals surface area contributed by atoms with Gasteiger partial charge in [-0.05, 0) is 42.0 Å². The summed E-state index contributed by atoms with van der Waals surface area (Å²) in [7, 11) is -2.12. The Balaban J connectivity index is 1.54. The summed E-state index contributed by atoms with van der Waals surface area (Å²) in [5, 5.41) is 0. The maximum absolute atomic E-state index is 12.8. The molecule has 1 saturated heterocycles. The quantitative estimate of drug-likeness (QED) is 0.731. The molecule has 156 valence electrons. The molecule has 0 unspecified atom stereocenters. The lowest BCUT2D eigenvalue weighted by Gasteiger charge is -2.35. The van der Waals surface area contributed by atoms with Crippen LogP contribution in [-0.2, 0) is 14.8 Å². The van der Waals surface area contributed by atoms with Gasteiger partial charge in [-0.2, -0.15) is 0 Å². The zero-order valence-corrected chi connectivity index (χ0v) is 17.0. The third-order valence-electron chi connectivity index (χ3n) is 5.10. The fourth-order valence-corrected chi connectivity index (χ4v) is 4.53. The van der Waals surface area contributed by atoms with Gasteiger partial charge < -0.3 is 18.9 Å². The first-order valence-electron chi connectivity index (χ1n) is 9.42. The number of rotatable bonds is 7. The van der Waals surface area contributed by atoms with Crippen LogP contribution in [0.3, 0.4) is 0 Å². The molecular formula is C20H24N2O6S. The van der Waals surface area contributed by atoms with Crippen LogP contribution in [0.1, 0.15) is 11.6 Å². The first-order chi connectivity index (χ1) is 14.1. The van der Waals surface area contributed by atoms with Crippen LogP contribution >= 0.6 is 0 Å². The lowest BCUT2D eigenvalue weighted by atomic mass is 10.0. The summed E-state index contributed by atoms with van der Waals surface area (Å²) in [5.74, 6) is 1.99. The number of benzene rings is 2. The molecule has 1 fully saturated rings. The number of fused-ring (bicyclic) bond motifs is 1. The zero-order chi connectivity index (χ0) is 20.3. The lowest BCUT2D eigenvalue weighted by molar-refractivity contribution is 0.0171. The Morgan fingerprint density at radius 2 is 1.79 bits per heavy atom. The van der Waals surface area contributed by atoms with E-state index in [-0.39, 0.29) is 24.3 Å². The minimum absolute atomic E-state index is 0.151. The van der Waals surface area contributed by atoms with E-state index in [0.717, 1.165) is 18.7 Å². The number of nitrogens with zero attached hydrogens (tertiary/aromatic N) is 1. The van der Waals surface area contributed by atoms with Gasteiger partial charge in [-0.1, -0.05) is 6.07 Å². The summed E-state index contributed by atoms with van der Waals surface area (Å²) in [6, 6.07) is 11.9. The van der Waals surface area contributed by atoms with E-state index >= 15 is 0 Å². The number of nitrogens with one attached hydrogen (secondary N) is 1. The Kier molecular flexibility index (Phi) is 5.91. The van der Waals surface area contributed by atoms with Crippen LogP contribution in [0, 0.1) is 0 Å². The second-order valence-electron chi connectivity index (χ2n) is 6.80. The first-order valence-corrected chi connectivity index (χ1v) is 10.9. The highest BCUT2D eigenvalue weighted by Gasteiger charge is 2.27. The summed E-state index contributed by atoms with van der Waals surface area (Å²) in [4.78, 5) is 2.42. The second kappa shape index (κ2) is 8.58. The maximum Gasteiger partial charge on any atom is 0.240 e. The molecule has 2 aliphatic heterocycles. The van der Waals surface area contributed by atoms with Crippen LogP contribution < -0.4 is 18.9 Å². The molecule has 2 aromatic rings. The highest BCUT2D eigenvalue weighted by Crippen LogP contribution is 2.35. The van der Waals surface area contributed by atoms with Gasteiger partial charge in [-0.15, -0.1) is 0 Å². The van der Waals surface area contributed by atoms with Gasteiger partial charge in [0.15, 0.2) is 11.5 Å². The SMILES string of the molecule is COc1ccc(S(=O)(=O)NC[C@@H](c2ccc3c(c2)OCO3)N2CCOCC2)cc1. The standard InChI is InChI=1S/C20H24N2O6S/c1-25-16-3-5-17(6-4-16)29(23,24)21-13-18(22-8-10-26-11-9-22)15-2-7-19-20(12-15)28-14-27-19/h2-7,12,18,21H,8-11,13-14H2,1H3/t18-/m0/s1. The van der Waals surface area contributed by atoms with Crippen molar-refractivity contribution < 1.29 is 27.4 Å². The average Bonchev–Trinajstić information content (AvgIpc) is 3.23. The molecule has 8 nitrogen and oxygen atoms in total. The Morgan fingerprint density at radius 3 is 2.52 bits per heavy atom. The number of hydrogen-bond acceptors (Lipinski definition) is 7. The van der Waals surface area contributed by atoms with Crippen LogP contribution in [-0.4, -0.2) is 60.1 Å². The predicted molar refractivity (Wildman–Crippen MR) is 106 cm³/mol. The molecule has 1 atom stereocenters. The van der Waals surface area contributed by atoms with Crippen molar-refractivity contribution in [3.63, 3.8) is 0 Å². The van der Waals surface area contributed by atoms with E-state index in [1.54, 1.807) is 19.2 Å². The maximum atomic E-state index is 12.8. The molecule has 4 rings (SSSR count). The average molecular weight is 420 g/mol. The minimum atomic E-state index is -3.66. The molecule has 2 heterocycles. The second-order valence-corrected chi connectivity index (χ2v) is 8.57. The van der Waals surface area contributed by atoms with Crippen molar-refractivity contribution in [2.45, 2.75) is 10.9 Å². The van der Waals surface area contributed by atoms with Gasteiger partial charge in [0.1, 0.15) is 5.75 Å². The monoisotopic (exact) mass is 420 g/mol. The molecule has 0 radical (unpaired) electrons.